The molecule has 0 aliphatic heterocycles. The van der Waals surface area contributed by atoms with Crippen LogP contribution in [0.1, 0.15) is 19.4 Å². The fraction of sp³-hybridized carbons (Fsp3) is 0.267. The van der Waals surface area contributed by atoms with Crippen molar-refractivity contribution in [3.05, 3.63) is 47.5 Å². The summed E-state index contributed by atoms with van der Waals surface area (Å²) < 4.78 is 27.2. The summed E-state index contributed by atoms with van der Waals surface area (Å²) in [4.78, 5) is 3.93. The molecule has 20 heavy (non-hydrogen) atoms. The number of anilines is 3. The first kappa shape index (κ1) is 14.2. The molecule has 0 fully saturated rings. The van der Waals surface area contributed by atoms with Crippen LogP contribution in [0.4, 0.5) is 26.1 Å². The maximum absolute atomic E-state index is 13.7. The summed E-state index contributed by atoms with van der Waals surface area (Å²) in [6, 6.07) is 8.42. The summed E-state index contributed by atoms with van der Waals surface area (Å²) in [7, 11) is 0. The van der Waals surface area contributed by atoms with Crippen molar-refractivity contribution >= 4 is 17.3 Å². The van der Waals surface area contributed by atoms with Gasteiger partial charge in [-0.3, -0.25) is 0 Å². The van der Waals surface area contributed by atoms with Gasteiger partial charge in [-0.15, -0.1) is 0 Å². The lowest BCUT2D eigenvalue weighted by Gasteiger charge is -2.10. The minimum absolute atomic E-state index is 0.00611. The van der Waals surface area contributed by atoms with Crippen molar-refractivity contribution in [3.8, 4) is 0 Å². The fourth-order valence-corrected chi connectivity index (χ4v) is 1.81. The molecule has 1 heterocycles. The molecule has 0 bridgehead atoms. The number of nitrogens with zero attached hydrogens (tertiary/aromatic N) is 1. The van der Waals surface area contributed by atoms with E-state index in [1.54, 1.807) is 0 Å². The molecule has 0 amide bonds. The van der Waals surface area contributed by atoms with E-state index >= 15 is 0 Å². The molecule has 0 aliphatic rings. The van der Waals surface area contributed by atoms with E-state index in [1.165, 1.54) is 5.56 Å². The molecule has 0 spiro atoms. The van der Waals surface area contributed by atoms with Crippen LogP contribution in [0.15, 0.2) is 30.3 Å². The third-order valence-corrected chi connectivity index (χ3v) is 2.90. The largest absolute Gasteiger partial charge is 0.368 e. The number of aromatic nitrogens is 1. The Balaban J connectivity index is 2.25. The van der Waals surface area contributed by atoms with Crippen molar-refractivity contribution in [2.24, 2.45) is 0 Å². The summed E-state index contributed by atoms with van der Waals surface area (Å²) in [5.74, 6) is -1.37. The summed E-state index contributed by atoms with van der Waals surface area (Å²) in [6.45, 7) is 4.40. The Morgan fingerprint density at radius 2 is 1.65 bits per heavy atom. The molecule has 1 aromatic carbocycles. The van der Waals surface area contributed by atoms with E-state index in [-0.39, 0.29) is 11.6 Å². The maximum Gasteiger partial charge on any atom is 0.169 e. The third-order valence-electron chi connectivity index (χ3n) is 2.90. The maximum atomic E-state index is 13.7. The van der Waals surface area contributed by atoms with Gasteiger partial charge in [-0.25, -0.2) is 13.8 Å². The van der Waals surface area contributed by atoms with Gasteiger partial charge >= 0.3 is 0 Å². The first-order valence-electron chi connectivity index (χ1n) is 6.60. The Morgan fingerprint density at radius 3 is 2.25 bits per heavy atom. The van der Waals surface area contributed by atoms with E-state index in [1.807, 2.05) is 31.2 Å². The third kappa shape index (κ3) is 3.23. The van der Waals surface area contributed by atoms with Crippen molar-refractivity contribution in [2.45, 2.75) is 20.3 Å². The lowest BCUT2D eigenvalue weighted by Crippen LogP contribution is -2.06. The van der Waals surface area contributed by atoms with Gasteiger partial charge in [0.1, 0.15) is 0 Å². The number of hydrogen-bond acceptors (Lipinski definition) is 3. The van der Waals surface area contributed by atoms with Gasteiger partial charge in [0.2, 0.25) is 0 Å². The van der Waals surface area contributed by atoms with Gasteiger partial charge < -0.3 is 10.6 Å². The van der Waals surface area contributed by atoms with Gasteiger partial charge in [-0.2, -0.15) is 0 Å². The lowest BCUT2D eigenvalue weighted by molar-refractivity contribution is 0.579. The predicted octanol–water partition coefficient (Wildman–Crippen LogP) is 4.10. The molecule has 2 aromatic rings. The zero-order valence-corrected chi connectivity index (χ0v) is 11.5. The highest BCUT2D eigenvalue weighted by molar-refractivity contribution is 5.59. The second-order valence-electron chi connectivity index (χ2n) is 4.36. The van der Waals surface area contributed by atoms with Crippen LogP contribution in [0.5, 0.6) is 0 Å². The van der Waals surface area contributed by atoms with Crippen LogP contribution in [0, 0.1) is 11.6 Å². The lowest BCUT2D eigenvalue weighted by atomic mass is 10.1. The average Bonchev–Trinajstić information content (AvgIpc) is 2.45. The smallest absolute Gasteiger partial charge is 0.169 e. The van der Waals surface area contributed by atoms with Crippen LogP contribution in [0.3, 0.4) is 0 Å². The van der Waals surface area contributed by atoms with Crippen molar-refractivity contribution < 1.29 is 8.78 Å². The van der Waals surface area contributed by atoms with Crippen LogP contribution in [-0.4, -0.2) is 11.5 Å². The van der Waals surface area contributed by atoms with E-state index < -0.39 is 11.6 Å². The molecule has 3 nitrogen and oxygen atoms in total. The number of halogens is 2. The highest BCUT2D eigenvalue weighted by Crippen LogP contribution is 2.22. The standard InChI is InChI=1S/C15H17F2N3/c1-3-10-5-7-11(8-6-10)19-15-13(17)9-12(16)14(20-15)18-4-2/h5-9H,3-4H2,1-2H3,(H2,18,19,20). The topological polar surface area (TPSA) is 37.0 Å². The van der Waals surface area contributed by atoms with E-state index in [4.69, 9.17) is 0 Å². The second-order valence-corrected chi connectivity index (χ2v) is 4.36. The number of pyridine rings is 1. The molecule has 2 rings (SSSR count). The minimum Gasteiger partial charge on any atom is -0.368 e. The first-order chi connectivity index (χ1) is 9.63. The highest BCUT2D eigenvalue weighted by atomic mass is 19.1. The van der Waals surface area contributed by atoms with E-state index in [2.05, 4.69) is 22.5 Å². The Labute approximate surface area is 117 Å². The second kappa shape index (κ2) is 6.32. The van der Waals surface area contributed by atoms with Crippen LogP contribution >= 0.6 is 0 Å². The predicted molar refractivity (Wildman–Crippen MR) is 77.4 cm³/mol. The molecule has 0 saturated heterocycles. The van der Waals surface area contributed by atoms with E-state index in [0.717, 1.165) is 12.5 Å². The number of rotatable bonds is 5. The quantitative estimate of drug-likeness (QED) is 0.864. The zero-order valence-electron chi connectivity index (χ0n) is 11.5. The van der Waals surface area contributed by atoms with Crippen LogP contribution in [0.25, 0.3) is 0 Å². The number of hydrogen-bond donors (Lipinski definition) is 2. The molecule has 0 saturated carbocycles. The summed E-state index contributed by atoms with van der Waals surface area (Å²) in [5, 5.41) is 5.61. The van der Waals surface area contributed by atoms with Crippen molar-refractivity contribution in [1.29, 1.82) is 0 Å². The van der Waals surface area contributed by atoms with Gasteiger partial charge in [0, 0.05) is 18.3 Å². The molecular formula is C15H17F2N3. The van der Waals surface area contributed by atoms with Gasteiger partial charge in [-0.1, -0.05) is 19.1 Å². The van der Waals surface area contributed by atoms with Crippen molar-refractivity contribution in [1.82, 2.24) is 4.98 Å². The first-order valence-corrected chi connectivity index (χ1v) is 6.60. The van der Waals surface area contributed by atoms with Crippen molar-refractivity contribution in [2.75, 3.05) is 17.2 Å². The SMILES string of the molecule is CCNc1nc(Nc2ccc(CC)cc2)c(F)cc1F. The monoisotopic (exact) mass is 277 g/mol. The molecule has 5 heteroatoms. The van der Waals surface area contributed by atoms with E-state index in [0.29, 0.717) is 12.2 Å². The molecule has 0 unspecified atom stereocenters. The van der Waals surface area contributed by atoms with Gasteiger partial charge in [0.05, 0.1) is 0 Å². The van der Waals surface area contributed by atoms with Gasteiger partial charge in [0.25, 0.3) is 0 Å². The molecule has 0 radical (unpaired) electrons. The molecular weight excluding hydrogens is 260 g/mol. The Kier molecular flexibility index (Phi) is 4.50. The van der Waals surface area contributed by atoms with E-state index in [9.17, 15) is 8.78 Å². The van der Waals surface area contributed by atoms with Gasteiger partial charge in [-0.05, 0) is 31.0 Å². The van der Waals surface area contributed by atoms with Crippen LogP contribution < -0.4 is 10.6 Å². The summed E-state index contributed by atoms with van der Waals surface area (Å²) >= 11 is 0. The van der Waals surface area contributed by atoms with Crippen LogP contribution in [0.2, 0.25) is 0 Å². The van der Waals surface area contributed by atoms with Crippen LogP contribution in [-0.2, 0) is 6.42 Å². The van der Waals surface area contributed by atoms with Crippen molar-refractivity contribution in [3.63, 3.8) is 0 Å². The molecule has 0 atom stereocenters. The number of nitrogens with one attached hydrogen (secondary N) is 2. The number of benzene rings is 1. The summed E-state index contributed by atoms with van der Waals surface area (Å²) in [5.41, 5.74) is 1.90. The Bertz CT molecular complexity index is 582. The summed E-state index contributed by atoms with van der Waals surface area (Å²) in [6.07, 6.45) is 0.938. The fourth-order valence-electron chi connectivity index (χ4n) is 1.81. The number of aryl methyl sites for hydroxylation is 1. The Morgan fingerprint density at radius 1 is 1.00 bits per heavy atom. The molecule has 0 aliphatic carbocycles. The average molecular weight is 277 g/mol. The normalized spacial score (nSPS) is 10.4. The Hall–Kier alpha value is -2.17. The molecule has 106 valence electrons. The molecule has 1 aromatic heterocycles. The van der Waals surface area contributed by atoms with Gasteiger partial charge in [0.15, 0.2) is 23.3 Å². The minimum atomic E-state index is -0.719. The zero-order chi connectivity index (χ0) is 14.5. The highest BCUT2D eigenvalue weighted by Gasteiger charge is 2.11. The molecule has 2 N–H and O–H groups in total.